The van der Waals surface area contributed by atoms with Gasteiger partial charge in [0.25, 0.3) is 5.91 Å². The molecule has 2 saturated heterocycles. The van der Waals surface area contributed by atoms with Gasteiger partial charge in [-0.2, -0.15) is 5.10 Å². The Hall–Kier alpha value is -1.79. The molecule has 4 N–H and O–H groups in total. The van der Waals surface area contributed by atoms with E-state index >= 15 is 0 Å². The molecule has 27 heavy (non-hydrogen) atoms. The van der Waals surface area contributed by atoms with Gasteiger partial charge < -0.3 is 14.8 Å². The van der Waals surface area contributed by atoms with Crippen LogP contribution in [0.5, 0.6) is 0 Å². The summed E-state index contributed by atoms with van der Waals surface area (Å²) in [5, 5.41) is 13.2. The summed E-state index contributed by atoms with van der Waals surface area (Å²) in [4.78, 5) is 29.2. The molecule has 0 saturated carbocycles. The molecule has 11 heteroatoms. The van der Waals surface area contributed by atoms with Gasteiger partial charge in [0.1, 0.15) is 24.1 Å². The summed E-state index contributed by atoms with van der Waals surface area (Å²) in [7, 11) is 4.94. The van der Waals surface area contributed by atoms with E-state index in [0.717, 1.165) is 26.2 Å². The molecule has 4 atom stereocenters. The number of esters is 1. The fraction of sp³-hybridized carbons (Fsp3) is 0.812. The lowest BCUT2D eigenvalue weighted by Crippen LogP contribution is -2.69. The average molecular weight is 383 g/mol. The third kappa shape index (κ3) is 4.74. The van der Waals surface area contributed by atoms with Crippen LogP contribution in [0.1, 0.15) is 12.8 Å². The maximum absolute atomic E-state index is 12.6. The van der Waals surface area contributed by atoms with Crippen molar-refractivity contribution >= 4 is 17.6 Å². The molecule has 3 aliphatic rings. The van der Waals surface area contributed by atoms with Crippen molar-refractivity contribution in [2.45, 2.75) is 37.4 Å². The highest BCUT2D eigenvalue weighted by Crippen LogP contribution is 2.14. The van der Waals surface area contributed by atoms with Crippen molar-refractivity contribution in [3.8, 4) is 0 Å². The van der Waals surface area contributed by atoms with Crippen LogP contribution in [0, 0.1) is 0 Å². The number of methoxy groups -OCH3 is 2. The summed E-state index contributed by atoms with van der Waals surface area (Å²) >= 11 is 0. The molecular weight excluding hydrogens is 354 g/mol. The minimum Gasteiger partial charge on any atom is -0.468 e. The molecule has 0 spiro atoms. The van der Waals surface area contributed by atoms with Crippen LogP contribution in [0.4, 0.5) is 0 Å². The molecule has 0 bridgehead atoms. The van der Waals surface area contributed by atoms with Crippen molar-refractivity contribution < 1.29 is 19.1 Å². The zero-order chi connectivity index (χ0) is 19.4. The Kier molecular flexibility index (Phi) is 6.60. The normalized spacial score (nSPS) is 32.5. The van der Waals surface area contributed by atoms with E-state index in [1.54, 1.807) is 7.11 Å². The van der Waals surface area contributed by atoms with E-state index in [1.165, 1.54) is 7.11 Å². The van der Waals surface area contributed by atoms with Crippen LogP contribution >= 0.6 is 0 Å². The van der Waals surface area contributed by atoms with Crippen LogP contribution in [-0.4, -0.2) is 99.6 Å². The minimum atomic E-state index is -0.748. The number of rotatable bonds is 5. The van der Waals surface area contributed by atoms with Crippen molar-refractivity contribution in [3.63, 3.8) is 0 Å². The monoisotopic (exact) mass is 383 g/mol. The van der Waals surface area contributed by atoms with Crippen LogP contribution in [-0.2, 0) is 19.1 Å². The number of likely N-dealkylation sites (N-methyl/N-ethyl adjacent to an activating group) is 1. The van der Waals surface area contributed by atoms with Gasteiger partial charge in [0.05, 0.1) is 19.9 Å². The molecule has 1 amide bonds. The van der Waals surface area contributed by atoms with Crippen molar-refractivity contribution in [2.24, 2.45) is 5.10 Å². The first kappa shape index (κ1) is 20.0. The van der Waals surface area contributed by atoms with Crippen LogP contribution in [0.2, 0.25) is 0 Å². The SMILES string of the molecule is COC(=O)C1NC(OC)CNC1NC(=O)C1=NNC(N2CCN(C)C2)CC1. The van der Waals surface area contributed by atoms with E-state index < -0.39 is 18.2 Å². The first-order valence-corrected chi connectivity index (χ1v) is 9.17. The second-order valence-electron chi connectivity index (χ2n) is 7.03. The molecule has 3 heterocycles. The zero-order valence-corrected chi connectivity index (χ0v) is 16.0. The predicted octanol–water partition coefficient (Wildman–Crippen LogP) is -2.59. The van der Waals surface area contributed by atoms with E-state index in [1.807, 2.05) is 0 Å². The van der Waals surface area contributed by atoms with Crippen LogP contribution in [0.15, 0.2) is 5.10 Å². The van der Waals surface area contributed by atoms with Gasteiger partial charge in [-0.25, -0.2) is 0 Å². The molecule has 11 nitrogen and oxygen atoms in total. The Bertz CT molecular complexity index is 587. The highest BCUT2D eigenvalue weighted by Gasteiger charge is 2.37. The fourth-order valence-corrected chi connectivity index (χ4v) is 3.53. The van der Waals surface area contributed by atoms with Crippen molar-refractivity contribution in [1.82, 2.24) is 31.2 Å². The summed E-state index contributed by atoms with van der Waals surface area (Å²) < 4.78 is 10.0. The Balaban J connectivity index is 1.56. The number of carbonyl (C=O) groups excluding carboxylic acids is 2. The highest BCUT2D eigenvalue weighted by molar-refractivity contribution is 6.39. The second-order valence-corrected chi connectivity index (χ2v) is 7.03. The molecule has 4 unspecified atom stereocenters. The summed E-state index contributed by atoms with van der Waals surface area (Å²) in [6.07, 6.45) is 0.585. The maximum Gasteiger partial charge on any atom is 0.326 e. The molecule has 152 valence electrons. The van der Waals surface area contributed by atoms with Gasteiger partial charge in [0, 0.05) is 33.2 Å². The lowest BCUT2D eigenvalue weighted by atomic mass is 10.1. The number of nitrogens with zero attached hydrogens (tertiary/aromatic N) is 3. The minimum absolute atomic E-state index is 0.145. The molecule has 0 aromatic carbocycles. The van der Waals surface area contributed by atoms with Gasteiger partial charge in [0.15, 0.2) is 0 Å². The standard InChI is InChI=1S/C16H29N7O4/c1-22-6-7-23(9-22)11-5-4-10(20-21-11)15(24)19-14-13(16(25)27-3)18-12(26-2)8-17-14/h11-14,17-18,21H,4-9H2,1-3H3,(H,19,24). The van der Waals surface area contributed by atoms with Gasteiger partial charge in [-0.3, -0.25) is 35.4 Å². The Morgan fingerprint density at radius 1 is 1.30 bits per heavy atom. The van der Waals surface area contributed by atoms with Crippen molar-refractivity contribution in [3.05, 3.63) is 0 Å². The van der Waals surface area contributed by atoms with Crippen molar-refractivity contribution in [2.75, 3.05) is 47.6 Å². The topological polar surface area (TPSA) is 120 Å². The van der Waals surface area contributed by atoms with Crippen molar-refractivity contribution in [1.29, 1.82) is 0 Å². The fourth-order valence-electron chi connectivity index (χ4n) is 3.53. The number of hydrogen-bond acceptors (Lipinski definition) is 10. The maximum atomic E-state index is 12.6. The summed E-state index contributed by atoms with van der Waals surface area (Å²) in [5.41, 5.74) is 3.52. The summed E-state index contributed by atoms with van der Waals surface area (Å²) in [6.45, 7) is 3.37. The molecule has 0 aliphatic carbocycles. The number of ether oxygens (including phenoxy) is 2. The summed E-state index contributed by atoms with van der Waals surface area (Å²) in [6, 6.07) is -0.748. The van der Waals surface area contributed by atoms with Crippen LogP contribution in [0.25, 0.3) is 0 Å². The Morgan fingerprint density at radius 3 is 2.70 bits per heavy atom. The van der Waals surface area contributed by atoms with Gasteiger partial charge in [-0.15, -0.1) is 0 Å². The smallest absolute Gasteiger partial charge is 0.326 e. The lowest BCUT2D eigenvalue weighted by Gasteiger charge is -2.36. The highest BCUT2D eigenvalue weighted by atomic mass is 16.5. The van der Waals surface area contributed by atoms with E-state index in [4.69, 9.17) is 9.47 Å². The molecule has 0 aromatic heterocycles. The number of amides is 1. The number of carbonyl (C=O) groups is 2. The lowest BCUT2D eigenvalue weighted by molar-refractivity contribution is -0.147. The molecule has 2 fully saturated rings. The van der Waals surface area contributed by atoms with Gasteiger partial charge in [-0.1, -0.05) is 0 Å². The Morgan fingerprint density at radius 2 is 2.11 bits per heavy atom. The molecule has 0 radical (unpaired) electrons. The largest absolute Gasteiger partial charge is 0.468 e. The average Bonchev–Trinajstić information content (AvgIpc) is 3.14. The van der Waals surface area contributed by atoms with Crippen LogP contribution in [0.3, 0.4) is 0 Å². The third-order valence-electron chi connectivity index (χ3n) is 5.15. The second kappa shape index (κ2) is 8.93. The van der Waals surface area contributed by atoms with E-state index in [2.05, 4.69) is 43.3 Å². The van der Waals surface area contributed by atoms with E-state index in [0.29, 0.717) is 18.7 Å². The zero-order valence-electron chi connectivity index (χ0n) is 16.0. The van der Waals surface area contributed by atoms with Gasteiger partial charge in [0.2, 0.25) is 0 Å². The first-order chi connectivity index (χ1) is 13.0. The van der Waals surface area contributed by atoms with Crippen LogP contribution < -0.4 is 21.4 Å². The van der Waals surface area contributed by atoms with E-state index in [9.17, 15) is 9.59 Å². The number of hydrogen-bond donors (Lipinski definition) is 4. The Labute approximate surface area is 158 Å². The third-order valence-corrected chi connectivity index (χ3v) is 5.15. The quantitative estimate of drug-likeness (QED) is 0.379. The predicted molar refractivity (Wildman–Crippen MR) is 97.5 cm³/mol. The molecule has 0 aromatic rings. The first-order valence-electron chi connectivity index (χ1n) is 9.17. The molecule has 3 aliphatic heterocycles. The van der Waals surface area contributed by atoms with Gasteiger partial charge >= 0.3 is 5.97 Å². The van der Waals surface area contributed by atoms with Gasteiger partial charge in [-0.05, 0) is 13.5 Å². The van der Waals surface area contributed by atoms with E-state index in [-0.39, 0.29) is 18.3 Å². The molecule has 3 rings (SSSR count). The number of hydrazone groups is 1. The summed E-state index contributed by atoms with van der Waals surface area (Å²) in [5.74, 6) is -0.778. The number of nitrogens with one attached hydrogen (secondary N) is 4. The molecular formula is C16H29N7O4. The number of piperazine rings is 1.